The van der Waals surface area contributed by atoms with Gasteiger partial charge in [-0.15, -0.1) is 0 Å². The number of benzene rings is 1. The molecule has 1 aromatic rings. The van der Waals surface area contributed by atoms with Crippen LogP contribution in [0.3, 0.4) is 0 Å². The third kappa shape index (κ3) is 2.49. The molecule has 1 aromatic carbocycles. The van der Waals surface area contributed by atoms with E-state index < -0.39 is 0 Å². The number of hydrogen-bond acceptors (Lipinski definition) is 4. The second-order valence-electron chi connectivity index (χ2n) is 2.43. The molecule has 0 radical (unpaired) electrons. The lowest BCUT2D eigenvalue weighted by Crippen LogP contribution is -1.72. The van der Waals surface area contributed by atoms with Gasteiger partial charge in [0.2, 0.25) is 12.2 Å². The molecule has 0 unspecified atom stereocenters. The Morgan fingerprint density at radius 1 is 1.00 bits per heavy atom. The van der Waals surface area contributed by atoms with Gasteiger partial charge in [0.05, 0.1) is 11.4 Å². The zero-order valence-corrected chi connectivity index (χ0v) is 6.94. The van der Waals surface area contributed by atoms with Crippen molar-refractivity contribution in [3.05, 3.63) is 23.8 Å². The maximum atomic E-state index is 9.96. The third-order valence-electron chi connectivity index (χ3n) is 1.40. The van der Waals surface area contributed by atoms with Crippen LogP contribution >= 0.6 is 0 Å². The first-order chi connectivity index (χ1) is 6.26. The van der Waals surface area contributed by atoms with Crippen LogP contribution in [-0.4, -0.2) is 12.2 Å². The molecule has 0 aromatic heterocycles. The van der Waals surface area contributed by atoms with Crippen LogP contribution < -0.4 is 0 Å². The number of rotatable bonds is 2. The van der Waals surface area contributed by atoms with Gasteiger partial charge in [0, 0.05) is 0 Å². The smallest absolute Gasteiger partial charge is 0.211 e. The standard InChI is InChI=1S/C9H6N2O2/c1-7-2-8(10-5-12)4-9(3-7)11-6-13/h2-4H,1H3. The number of nitrogens with zero attached hydrogens (tertiary/aromatic N) is 2. The highest BCUT2D eigenvalue weighted by Gasteiger charge is 1.95. The topological polar surface area (TPSA) is 58.9 Å². The molecule has 0 N–H and O–H groups in total. The average molecular weight is 174 g/mol. The molecule has 0 heterocycles. The Labute approximate surface area is 74.6 Å². The Kier molecular flexibility index (Phi) is 2.87. The predicted octanol–water partition coefficient (Wildman–Crippen LogP) is 1.93. The summed E-state index contributed by atoms with van der Waals surface area (Å²) in [5.74, 6) is 0. The van der Waals surface area contributed by atoms with Gasteiger partial charge in [-0.2, -0.15) is 9.98 Å². The van der Waals surface area contributed by atoms with Crippen LogP contribution in [0.4, 0.5) is 11.4 Å². The van der Waals surface area contributed by atoms with Crippen molar-refractivity contribution >= 4 is 23.5 Å². The molecule has 0 atom stereocenters. The molecule has 0 bridgehead atoms. The second kappa shape index (κ2) is 4.12. The fraction of sp³-hybridized carbons (Fsp3) is 0.111. The van der Waals surface area contributed by atoms with Crippen LogP contribution in [0, 0.1) is 6.92 Å². The lowest BCUT2D eigenvalue weighted by Gasteiger charge is -1.95. The Hall–Kier alpha value is -2.02. The Balaban J connectivity index is 3.25. The summed E-state index contributed by atoms with van der Waals surface area (Å²) in [6.07, 6.45) is 2.83. The van der Waals surface area contributed by atoms with Gasteiger partial charge in [0.15, 0.2) is 0 Å². The van der Waals surface area contributed by atoms with E-state index in [0.717, 1.165) is 5.56 Å². The summed E-state index contributed by atoms with van der Waals surface area (Å²) in [5, 5.41) is 0. The monoisotopic (exact) mass is 174 g/mol. The molecular formula is C9H6N2O2. The Morgan fingerprint density at radius 2 is 1.46 bits per heavy atom. The second-order valence-corrected chi connectivity index (χ2v) is 2.43. The molecule has 0 fully saturated rings. The molecule has 0 aliphatic carbocycles. The van der Waals surface area contributed by atoms with Crippen LogP contribution in [0.5, 0.6) is 0 Å². The molecule has 4 nitrogen and oxygen atoms in total. The minimum Gasteiger partial charge on any atom is -0.211 e. The van der Waals surface area contributed by atoms with Crippen molar-refractivity contribution in [2.45, 2.75) is 6.92 Å². The van der Waals surface area contributed by atoms with Crippen LogP contribution in [0.15, 0.2) is 28.2 Å². The van der Waals surface area contributed by atoms with Crippen molar-refractivity contribution in [1.82, 2.24) is 0 Å². The van der Waals surface area contributed by atoms with E-state index in [1.807, 2.05) is 6.92 Å². The number of hydrogen-bond donors (Lipinski definition) is 0. The van der Waals surface area contributed by atoms with Crippen molar-refractivity contribution in [2.75, 3.05) is 0 Å². The van der Waals surface area contributed by atoms with Gasteiger partial charge in [-0.25, -0.2) is 9.59 Å². The lowest BCUT2D eigenvalue weighted by molar-refractivity contribution is 0.565. The van der Waals surface area contributed by atoms with E-state index in [2.05, 4.69) is 9.98 Å². The fourth-order valence-electron chi connectivity index (χ4n) is 0.978. The number of carbonyl (C=O) groups excluding carboxylic acids is 2. The molecule has 4 heteroatoms. The summed E-state index contributed by atoms with van der Waals surface area (Å²) < 4.78 is 0. The lowest BCUT2D eigenvalue weighted by atomic mass is 10.2. The van der Waals surface area contributed by atoms with Crippen LogP contribution in [-0.2, 0) is 9.59 Å². The number of isocyanates is 2. The summed E-state index contributed by atoms with van der Waals surface area (Å²) in [6.45, 7) is 1.81. The van der Waals surface area contributed by atoms with E-state index in [-0.39, 0.29) is 0 Å². The van der Waals surface area contributed by atoms with E-state index in [4.69, 9.17) is 0 Å². The van der Waals surface area contributed by atoms with Gasteiger partial charge >= 0.3 is 0 Å². The fourth-order valence-corrected chi connectivity index (χ4v) is 0.978. The first-order valence-electron chi connectivity index (χ1n) is 3.53. The minimum atomic E-state index is 0.434. The largest absolute Gasteiger partial charge is 0.240 e. The van der Waals surface area contributed by atoms with Gasteiger partial charge in [0.25, 0.3) is 0 Å². The molecule has 0 saturated heterocycles. The van der Waals surface area contributed by atoms with Gasteiger partial charge in [-0.05, 0) is 30.7 Å². The van der Waals surface area contributed by atoms with Crippen LogP contribution in [0.2, 0.25) is 0 Å². The molecule has 1 rings (SSSR count). The maximum absolute atomic E-state index is 9.96. The zero-order chi connectivity index (χ0) is 9.68. The highest BCUT2D eigenvalue weighted by Crippen LogP contribution is 2.22. The van der Waals surface area contributed by atoms with E-state index in [1.54, 1.807) is 12.1 Å². The first-order valence-corrected chi connectivity index (χ1v) is 3.53. The van der Waals surface area contributed by atoms with Crippen LogP contribution in [0.25, 0.3) is 0 Å². The average Bonchev–Trinajstić information content (AvgIpc) is 2.04. The Morgan fingerprint density at radius 3 is 1.85 bits per heavy atom. The summed E-state index contributed by atoms with van der Waals surface area (Å²) >= 11 is 0. The Bertz CT molecular complexity index is 377. The highest BCUT2D eigenvalue weighted by atomic mass is 16.1. The maximum Gasteiger partial charge on any atom is 0.240 e. The quantitative estimate of drug-likeness (QED) is 0.508. The van der Waals surface area contributed by atoms with E-state index >= 15 is 0 Å². The normalized spacial score (nSPS) is 8.38. The van der Waals surface area contributed by atoms with E-state index in [0.29, 0.717) is 11.4 Å². The predicted molar refractivity (Wildman–Crippen MR) is 46.7 cm³/mol. The summed E-state index contributed by atoms with van der Waals surface area (Å²) in [7, 11) is 0. The number of aliphatic imine (C=N–C) groups is 2. The van der Waals surface area contributed by atoms with Crippen molar-refractivity contribution in [3.8, 4) is 0 Å². The van der Waals surface area contributed by atoms with Gasteiger partial charge in [0.1, 0.15) is 0 Å². The van der Waals surface area contributed by atoms with Crippen molar-refractivity contribution in [2.24, 2.45) is 9.98 Å². The van der Waals surface area contributed by atoms with Gasteiger partial charge in [-0.1, -0.05) is 0 Å². The number of aryl methyl sites for hydroxylation is 1. The molecule has 0 amide bonds. The third-order valence-corrected chi connectivity index (χ3v) is 1.40. The molecule has 13 heavy (non-hydrogen) atoms. The van der Waals surface area contributed by atoms with Gasteiger partial charge in [-0.3, -0.25) is 0 Å². The summed E-state index contributed by atoms with van der Waals surface area (Å²) in [5.41, 5.74) is 1.73. The molecule has 0 spiro atoms. The molecule has 64 valence electrons. The molecule has 0 saturated carbocycles. The molecule has 0 aliphatic heterocycles. The van der Waals surface area contributed by atoms with Crippen molar-refractivity contribution in [3.63, 3.8) is 0 Å². The van der Waals surface area contributed by atoms with Crippen molar-refractivity contribution < 1.29 is 9.59 Å². The van der Waals surface area contributed by atoms with Gasteiger partial charge < -0.3 is 0 Å². The molecular weight excluding hydrogens is 168 g/mol. The summed E-state index contributed by atoms with van der Waals surface area (Å²) in [6, 6.07) is 4.88. The minimum absolute atomic E-state index is 0.434. The first kappa shape index (κ1) is 9.07. The molecule has 0 aliphatic rings. The van der Waals surface area contributed by atoms with E-state index in [9.17, 15) is 9.59 Å². The highest BCUT2D eigenvalue weighted by molar-refractivity contribution is 5.59. The zero-order valence-electron chi connectivity index (χ0n) is 6.94. The SMILES string of the molecule is Cc1cc(N=C=O)cc(N=C=O)c1. The summed E-state index contributed by atoms with van der Waals surface area (Å²) in [4.78, 5) is 26.7. The van der Waals surface area contributed by atoms with E-state index in [1.165, 1.54) is 18.2 Å². The van der Waals surface area contributed by atoms with Crippen molar-refractivity contribution in [1.29, 1.82) is 0 Å². The van der Waals surface area contributed by atoms with Crippen LogP contribution in [0.1, 0.15) is 5.56 Å².